The number of benzene rings is 1. The Kier molecular flexibility index (Phi) is 6.67. The van der Waals surface area contributed by atoms with Gasteiger partial charge in [0.1, 0.15) is 5.75 Å². The minimum Gasteiger partial charge on any atom is -0.505 e. The van der Waals surface area contributed by atoms with Crippen molar-refractivity contribution in [2.24, 2.45) is 4.99 Å². The van der Waals surface area contributed by atoms with E-state index in [0.717, 1.165) is 6.42 Å². The van der Waals surface area contributed by atoms with Gasteiger partial charge in [-0.3, -0.25) is 9.98 Å². The average Bonchev–Trinajstić information content (AvgIpc) is 2.62. The van der Waals surface area contributed by atoms with Gasteiger partial charge in [-0.2, -0.15) is 0 Å². The summed E-state index contributed by atoms with van der Waals surface area (Å²) in [6.45, 7) is 4.25. The molecule has 2 aromatic rings. The van der Waals surface area contributed by atoms with Crippen LogP contribution in [0, 0.1) is 6.92 Å². The average molecular weight is 341 g/mol. The summed E-state index contributed by atoms with van der Waals surface area (Å²) >= 11 is 0. The molecule has 1 aromatic carbocycles. The lowest BCUT2D eigenvalue weighted by Gasteiger charge is -2.23. The van der Waals surface area contributed by atoms with Crippen LogP contribution in [0.4, 0.5) is 0 Å². The number of rotatable bonds is 7. The number of aromatic hydroxyl groups is 1. The van der Waals surface area contributed by atoms with Crippen molar-refractivity contribution in [2.45, 2.75) is 32.9 Å². The van der Waals surface area contributed by atoms with Gasteiger partial charge in [0.15, 0.2) is 0 Å². The Labute approximate surface area is 149 Å². The van der Waals surface area contributed by atoms with E-state index in [9.17, 15) is 10.2 Å². The molecule has 5 nitrogen and oxygen atoms in total. The highest BCUT2D eigenvalue weighted by molar-refractivity contribution is 5.85. The number of aliphatic hydroxyl groups is 1. The Morgan fingerprint density at radius 1 is 1.24 bits per heavy atom. The zero-order valence-corrected chi connectivity index (χ0v) is 15.4. The summed E-state index contributed by atoms with van der Waals surface area (Å²) in [7, 11) is 4.06. The quantitative estimate of drug-likeness (QED) is 0.760. The Balaban J connectivity index is 2.21. The van der Waals surface area contributed by atoms with E-state index in [4.69, 9.17) is 0 Å². The number of hydrogen-bond donors (Lipinski definition) is 2. The van der Waals surface area contributed by atoms with E-state index in [1.807, 2.05) is 14.1 Å². The van der Waals surface area contributed by atoms with Gasteiger partial charge in [0, 0.05) is 23.5 Å². The van der Waals surface area contributed by atoms with Gasteiger partial charge in [0.25, 0.3) is 0 Å². The topological polar surface area (TPSA) is 69.0 Å². The highest BCUT2D eigenvalue weighted by atomic mass is 16.3. The van der Waals surface area contributed by atoms with E-state index < -0.39 is 0 Å². The monoisotopic (exact) mass is 341 g/mol. The summed E-state index contributed by atoms with van der Waals surface area (Å²) in [6, 6.07) is 8.73. The van der Waals surface area contributed by atoms with Crippen molar-refractivity contribution in [1.82, 2.24) is 9.88 Å². The van der Waals surface area contributed by atoms with Crippen LogP contribution in [-0.2, 0) is 13.0 Å². The summed E-state index contributed by atoms with van der Waals surface area (Å²) < 4.78 is 0. The fourth-order valence-electron chi connectivity index (χ4n) is 2.71. The second-order valence-corrected chi connectivity index (χ2v) is 6.36. The van der Waals surface area contributed by atoms with Gasteiger partial charge in [0.2, 0.25) is 0 Å². The van der Waals surface area contributed by atoms with Gasteiger partial charge in [-0.05, 0) is 38.6 Å². The van der Waals surface area contributed by atoms with Crippen molar-refractivity contribution in [2.75, 3.05) is 20.6 Å². The second-order valence-electron chi connectivity index (χ2n) is 6.36. The molecule has 0 fully saturated rings. The Hall–Kier alpha value is -2.24. The number of hydrogen-bond acceptors (Lipinski definition) is 5. The van der Waals surface area contributed by atoms with Crippen molar-refractivity contribution in [3.05, 3.63) is 58.4 Å². The molecule has 1 heterocycles. The molecule has 0 aliphatic heterocycles. The fraction of sp³-hybridized carbons (Fsp3) is 0.400. The second kappa shape index (κ2) is 8.74. The number of aliphatic hydroxyl groups excluding tert-OH is 1. The van der Waals surface area contributed by atoms with Gasteiger partial charge in [-0.1, -0.05) is 31.2 Å². The minimum atomic E-state index is -0.183. The number of likely N-dealkylation sites (N-methyl/N-ethyl adjacent to an activating group) is 1. The normalized spacial score (nSPS) is 12.9. The zero-order chi connectivity index (χ0) is 18.4. The van der Waals surface area contributed by atoms with Gasteiger partial charge in [0.05, 0.1) is 24.9 Å². The third-order valence-corrected chi connectivity index (χ3v) is 4.42. The molecule has 2 rings (SSSR count). The summed E-state index contributed by atoms with van der Waals surface area (Å²) in [5.74, 6) is 0.0731. The van der Waals surface area contributed by atoms with E-state index in [-0.39, 0.29) is 18.4 Å². The first kappa shape index (κ1) is 19.1. The highest BCUT2D eigenvalue weighted by Crippen LogP contribution is 2.23. The molecular formula is C20H27N3O2. The standard InChI is InChI=1S/C20H27N3O2/c1-5-15-6-8-16(9-7-15)19(23(3)4)12-21-11-18-17(13-24)10-22-14(2)20(18)25/h6-11,19,24-25H,5,12-13H2,1-4H3/t19-/m0/s1. The SMILES string of the molecule is CCc1ccc([C@H](CN=Cc2c(CO)cnc(C)c2O)N(C)C)cc1. The first-order chi connectivity index (χ1) is 12.0. The van der Waals surface area contributed by atoms with E-state index in [1.54, 1.807) is 19.3 Å². The van der Waals surface area contributed by atoms with E-state index >= 15 is 0 Å². The van der Waals surface area contributed by atoms with Crippen molar-refractivity contribution in [3.63, 3.8) is 0 Å². The van der Waals surface area contributed by atoms with Crippen molar-refractivity contribution >= 4 is 6.21 Å². The van der Waals surface area contributed by atoms with Crippen LogP contribution in [-0.4, -0.2) is 47.0 Å². The highest BCUT2D eigenvalue weighted by Gasteiger charge is 2.14. The van der Waals surface area contributed by atoms with Gasteiger partial charge < -0.3 is 15.1 Å². The Morgan fingerprint density at radius 3 is 2.48 bits per heavy atom. The maximum absolute atomic E-state index is 10.2. The lowest BCUT2D eigenvalue weighted by molar-refractivity contribution is 0.280. The molecule has 1 aromatic heterocycles. The molecule has 134 valence electrons. The van der Waals surface area contributed by atoms with Crippen LogP contribution in [0.25, 0.3) is 0 Å². The minimum absolute atomic E-state index is 0.0731. The molecule has 25 heavy (non-hydrogen) atoms. The molecular weight excluding hydrogens is 314 g/mol. The Bertz CT molecular complexity index is 724. The van der Waals surface area contributed by atoms with Crippen LogP contribution < -0.4 is 0 Å². The van der Waals surface area contributed by atoms with E-state index in [2.05, 4.69) is 46.1 Å². The molecule has 0 bridgehead atoms. The number of nitrogens with zero attached hydrogens (tertiary/aromatic N) is 3. The fourth-order valence-corrected chi connectivity index (χ4v) is 2.71. The van der Waals surface area contributed by atoms with Gasteiger partial charge >= 0.3 is 0 Å². The predicted octanol–water partition coefficient (Wildman–Crippen LogP) is 2.87. The Morgan fingerprint density at radius 2 is 1.92 bits per heavy atom. The number of pyridine rings is 1. The third-order valence-electron chi connectivity index (χ3n) is 4.42. The molecule has 0 amide bonds. The zero-order valence-electron chi connectivity index (χ0n) is 15.4. The summed E-state index contributed by atoms with van der Waals surface area (Å²) in [6.07, 6.45) is 4.23. The lowest BCUT2D eigenvalue weighted by Crippen LogP contribution is -2.22. The van der Waals surface area contributed by atoms with E-state index in [0.29, 0.717) is 23.4 Å². The summed E-state index contributed by atoms with van der Waals surface area (Å²) in [4.78, 5) is 10.7. The number of aromatic nitrogens is 1. The molecule has 1 atom stereocenters. The number of aryl methyl sites for hydroxylation is 2. The van der Waals surface area contributed by atoms with Gasteiger partial charge in [-0.15, -0.1) is 0 Å². The van der Waals surface area contributed by atoms with Crippen molar-refractivity contribution in [1.29, 1.82) is 0 Å². The maximum atomic E-state index is 10.2. The van der Waals surface area contributed by atoms with Crippen LogP contribution in [0.2, 0.25) is 0 Å². The van der Waals surface area contributed by atoms with E-state index in [1.165, 1.54) is 11.1 Å². The smallest absolute Gasteiger partial charge is 0.145 e. The van der Waals surface area contributed by atoms with Crippen molar-refractivity contribution in [3.8, 4) is 5.75 Å². The molecule has 0 unspecified atom stereocenters. The van der Waals surface area contributed by atoms with Crippen LogP contribution >= 0.6 is 0 Å². The van der Waals surface area contributed by atoms with Crippen LogP contribution in [0.15, 0.2) is 35.5 Å². The summed E-state index contributed by atoms with van der Waals surface area (Å²) in [5, 5.41) is 19.6. The first-order valence-electron chi connectivity index (χ1n) is 8.51. The van der Waals surface area contributed by atoms with Crippen LogP contribution in [0.3, 0.4) is 0 Å². The summed E-state index contributed by atoms with van der Waals surface area (Å²) in [5.41, 5.74) is 4.15. The van der Waals surface area contributed by atoms with Gasteiger partial charge in [-0.25, -0.2) is 0 Å². The molecule has 0 saturated heterocycles. The third kappa shape index (κ3) is 4.65. The molecule has 0 radical (unpaired) electrons. The lowest BCUT2D eigenvalue weighted by atomic mass is 10.0. The maximum Gasteiger partial charge on any atom is 0.145 e. The molecule has 0 saturated carbocycles. The molecule has 2 N–H and O–H groups in total. The first-order valence-corrected chi connectivity index (χ1v) is 8.51. The molecule has 0 aliphatic carbocycles. The van der Waals surface area contributed by atoms with Crippen LogP contribution in [0.5, 0.6) is 5.75 Å². The number of aliphatic imine (C=N–C) groups is 1. The predicted molar refractivity (Wildman–Crippen MR) is 101 cm³/mol. The molecule has 5 heteroatoms. The van der Waals surface area contributed by atoms with Crippen LogP contribution in [0.1, 0.15) is 40.9 Å². The molecule has 0 spiro atoms. The molecule has 0 aliphatic rings. The largest absolute Gasteiger partial charge is 0.505 e. The van der Waals surface area contributed by atoms with Crippen molar-refractivity contribution < 1.29 is 10.2 Å².